The van der Waals surface area contributed by atoms with Crippen molar-refractivity contribution in [3.63, 3.8) is 0 Å². The van der Waals surface area contributed by atoms with Gasteiger partial charge in [-0.15, -0.1) is 0 Å². The molecule has 0 bridgehead atoms. The first-order chi connectivity index (χ1) is 7.84. The van der Waals surface area contributed by atoms with Crippen LogP contribution in [0.4, 0.5) is 0 Å². The van der Waals surface area contributed by atoms with Gasteiger partial charge in [-0.05, 0) is 13.0 Å². The minimum absolute atomic E-state index is 0.146. The normalized spacial score (nSPS) is 11.2. The van der Waals surface area contributed by atoms with Crippen LogP contribution in [0.3, 0.4) is 0 Å². The first kappa shape index (κ1) is 18.2. The minimum Gasteiger partial charge on any atom is -0.468 e. The average molecular weight is 247 g/mol. The van der Waals surface area contributed by atoms with Gasteiger partial charge in [-0.25, -0.2) is 0 Å². The van der Waals surface area contributed by atoms with Gasteiger partial charge < -0.3 is 21.1 Å². The summed E-state index contributed by atoms with van der Waals surface area (Å²) in [5.74, 6) is -0.0373. The van der Waals surface area contributed by atoms with E-state index in [4.69, 9.17) is 5.73 Å². The molecule has 0 saturated carbocycles. The molecule has 0 heterocycles. The van der Waals surface area contributed by atoms with Crippen LogP contribution in [0, 0.1) is 5.92 Å². The van der Waals surface area contributed by atoms with E-state index in [1.165, 1.54) is 7.11 Å². The summed E-state index contributed by atoms with van der Waals surface area (Å²) in [5, 5.41) is 5.09. The molecule has 6 nitrogen and oxygen atoms in total. The van der Waals surface area contributed by atoms with Gasteiger partial charge in [0.1, 0.15) is 6.54 Å². The Morgan fingerprint density at radius 2 is 1.76 bits per heavy atom. The number of carbonyl (C=O) groups is 2. The van der Waals surface area contributed by atoms with Gasteiger partial charge in [0.05, 0.1) is 13.2 Å². The van der Waals surface area contributed by atoms with Crippen LogP contribution in [-0.4, -0.2) is 45.2 Å². The molecular formula is C11H25N3O3. The number of carbonyl (C=O) groups excluding carboxylic acids is 2. The zero-order chi connectivity index (χ0) is 13.8. The fourth-order valence-electron chi connectivity index (χ4n) is 0.675. The quantitative estimate of drug-likeness (QED) is 0.569. The van der Waals surface area contributed by atoms with Crippen molar-refractivity contribution < 1.29 is 14.3 Å². The van der Waals surface area contributed by atoms with E-state index in [9.17, 15) is 9.59 Å². The molecular weight excluding hydrogens is 222 g/mol. The molecule has 0 rings (SSSR count). The molecule has 1 atom stereocenters. The van der Waals surface area contributed by atoms with E-state index in [0.717, 1.165) is 5.92 Å². The summed E-state index contributed by atoms with van der Waals surface area (Å²) in [6.07, 6.45) is 0. The van der Waals surface area contributed by atoms with Crippen LogP contribution in [0.15, 0.2) is 0 Å². The third-order valence-electron chi connectivity index (χ3n) is 1.40. The number of ether oxygens (including phenoxy) is 1. The Labute approximate surface area is 103 Å². The minimum atomic E-state index is -0.644. The van der Waals surface area contributed by atoms with Crippen LogP contribution in [0.5, 0.6) is 0 Å². The number of nitrogens with one attached hydrogen (secondary N) is 2. The Morgan fingerprint density at radius 1 is 1.29 bits per heavy atom. The average Bonchev–Trinajstić information content (AvgIpc) is 2.24. The molecule has 1 amide bonds. The first-order valence-electron chi connectivity index (χ1n) is 5.59. The molecule has 0 aromatic heterocycles. The third-order valence-corrected chi connectivity index (χ3v) is 1.40. The van der Waals surface area contributed by atoms with E-state index in [1.807, 2.05) is 0 Å². The molecule has 102 valence electrons. The number of hydrogen-bond acceptors (Lipinski definition) is 5. The smallest absolute Gasteiger partial charge is 0.325 e. The monoisotopic (exact) mass is 247 g/mol. The zero-order valence-corrected chi connectivity index (χ0v) is 11.4. The summed E-state index contributed by atoms with van der Waals surface area (Å²) in [5.41, 5.74) is 5.43. The number of hydrogen-bond donors (Lipinski definition) is 3. The molecule has 17 heavy (non-hydrogen) atoms. The van der Waals surface area contributed by atoms with Gasteiger partial charge in [0.25, 0.3) is 0 Å². The fraction of sp³-hybridized carbons (Fsp3) is 0.818. The van der Waals surface area contributed by atoms with Gasteiger partial charge in [-0.1, -0.05) is 20.8 Å². The third kappa shape index (κ3) is 14.9. The van der Waals surface area contributed by atoms with Gasteiger partial charge in [0, 0.05) is 6.54 Å². The van der Waals surface area contributed by atoms with Gasteiger partial charge in [0.2, 0.25) is 5.91 Å². The Hall–Kier alpha value is -1.14. The number of methoxy groups -OCH3 is 1. The number of amides is 1. The summed E-state index contributed by atoms with van der Waals surface area (Å²) in [4.78, 5) is 21.7. The Morgan fingerprint density at radius 3 is 2.12 bits per heavy atom. The van der Waals surface area contributed by atoms with Crippen LogP contribution in [0.2, 0.25) is 0 Å². The Bertz CT molecular complexity index is 217. The van der Waals surface area contributed by atoms with Crippen molar-refractivity contribution in [1.29, 1.82) is 0 Å². The molecule has 1 unspecified atom stereocenters. The molecule has 0 aliphatic carbocycles. The van der Waals surface area contributed by atoms with E-state index in [2.05, 4.69) is 36.1 Å². The number of nitrogens with two attached hydrogens (primary N) is 1. The highest BCUT2D eigenvalue weighted by molar-refractivity contribution is 5.85. The molecule has 0 radical (unpaired) electrons. The maximum absolute atomic E-state index is 11.1. The molecule has 0 aliphatic rings. The predicted molar refractivity (Wildman–Crippen MR) is 67.4 cm³/mol. The van der Waals surface area contributed by atoms with Crippen molar-refractivity contribution in [2.75, 3.05) is 27.2 Å². The maximum atomic E-state index is 11.1. The molecule has 0 spiro atoms. The van der Waals surface area contributed by atoms with Crippen molar-refractivity contribution >= 4 is 11.9 Å². The molecule has 6 heteroatoms. The Kier molecular flexibility index (Phi) is 12.2. The lowest BCUT2D eigenvalue weighted by molar-refractivity contribution is -0.141. The maximum Gasteiger partial charge on any atom is 0.325 e. The largest absolute Gasteiger partial charge is 0.468 e. The lowest BCUT2D eigenvalue weighted by atomic mass is 10.3. The van der Waals surface area contributed by atoms with Crippen molar-refractivity contribution in [2.45, 2.75) is 26.8 Å². The first-order valence-corrected chi connectivity index (χ1v) is 5.59. The second kappa shape index (κ2) is 11.3. The number of rotatable bonds is 5. The van der Waals surface area contributed by atoms with Gasteiger partial charge in [-0.2, -0.15) is 0 Å². The van der Waals surface area contributed by atoms with Crippen LogP contribution < -0.4 is 16.4 Å². The molecule has 0 aromatic rings. The van der Waals surface area contributed by atoms with Gasteiger partial charge >= 0.3 is 5.97 Å². The molecule has 0 aliphatic heterocycles. The fourth-order valence-corrected chi connectivity index (χ4v) is 0.675. The standard InChI is InChI=1S/C7H15N3O3.C4H10/c1-9-3-5(8)7(12)10-4-6(11)13-2;1-4(2)3/h5,9H,3-4,8H2,1-2H3,(H,10,12);4H,1-3H3. The highest BCUT2D eigenvalue weighted by Gasteiger charge is 2.12. The summed E-state index contributed by atoms with van der Waals surface area (Å²) in [6, 6.07) is -0.644. The summed E-state index contributed by atoms with van der Waals surface area (Å²) in [7, 11) is 2.94. The Balaban J connectivity index is 0. The van der Waals surface area contributed by atoms with Gasteiger partial charge in [-0.3, -0.25) is 9.59 Å². The van der Waals surface area contributed by atoms with E-state index in [0.29, 0.717) is 6.54 Å². The van der Waals surface area contributed by atoms with Crippen LogP contribution in [0.1, 0.15) is 20.8 Å². The van der Waals surface area contributed by atoms with Crippen molar-refractivity contribution in [3.8, 4) is 0 Å². The lowest BCUT2D eigenvalue weighted by Gasteiger charge is -2.10. The second-order valence-electron chi connectivity index (χ2n) is 4.19. The van der Waals surface area contributed by atoms with Crippen molar-refractivity contribution in [2.24, 2.45) is 11.7 Å². The zero-order valence-electron chi connectivity index (χ0n) is 11.4. The molecule has 0 aromatic carbocycles. The van der Waals surface area contributed by atoms with E-state index >= 15 is 0 Å². The molecule has 0 saturated heterocycles. The molecule has 4 N–H and O–H groups in total. The van der Waals surface area contributed by atoms with E-state index < -0.39 is 12.0 Å². The van der Waals surface area contributed by atoms with E-state index in [1.54, 1.807) is 7.05 Å². The summed E-state index contributed by atoms with van der Waals surface area (Å²) in [6.45, 7) is 6.72. The summed E-state index contributed by atoms with van der Waals surface area (Å²) < 4.78 is 4.33. The van der Waals surface area contributed by atoms with Crippen molar-refractivity contribution in [1.82, 2.24) is 10.6 Å². The number of esters is 1. The topological polar surface area (TPSA) is 93.5 Å². The van der Waals surface area contributed by atoms with Crippen molar-refractivity contribution in [3.05, 3.63) is 0 Å². The summed E-state index contributed by atoms with van der Waals surface area (Å²) >= 11 is 0. The van der Waals surface area contributed by atoms with Crippen LogP contribution in [-0.2, 0) is 14.3 Å². The van der Waals surface area contributed by atoms with Crippen LogP contribution in [0.25, 0.3) is 0 Å². The highest BCUT2D eigenvalue weighted by atomic mass is 16.5. The highest BCUT2D eigenvalue weighted by Crippen LogP contribution is 1.81. The van der Waals surface area contributed by atoms with Gasteiger partial charge in [0.15, 0.2) is 0 Å². The second-order valence-corrected chi connectivity index (χ2v) is 4.19. The molecule has 0 fully saturated rings. The lowest BCUT2D eigenvalue weighted by Crippen LogP contribution is -2.47. The van der Waals surface area contributed by atoms with Crippen LogP contribution >= 0.6 is 0 Å². The SMILES string of the molecule is CC(C)C.CNCC(N)C(=O)NCC(=O)OC. The predicted octanol–water partition coefficient (Wildman–Crippen LogP) is -0.515. The van der Waals surface area contributed by atoms with E-state index in [-0.39, 0.29) is 12.5 Å². The number of likely N-dealkylation sites (N-methyl/N-ethyl adjacent to an activating group) is 1.